The van der Waals surface area contributed by atoms with Gasteiger partial charge in [0.1, 0.15) is 0 Å². The number of thioether (sulfide) groups is 1. The number of aliphatic imine (C=N–C) groups is 1. The summed E-state index contributed by atoms with van der Waals surface area (Å²) in [5, 5.41) is 5.39. The van der Waals surface area contributed by atoms with Gasteiger partial charge in [0.25, 0.3) is 0 Å². The highest BCUT2D eigenvalue weighted by molar-refractivity contribution is 8.14. The minimum atomic E-state index is 0.243. The normalized spacial score (nSPS) is 24.4. The number of rotatable bonds is 1. The number of hydrogen-bond acceptors (Lipinski definition) is 3. The van der Waals surface area contributed by atoms with Crippen molar-refractivity contribution in [2.75, 3.05) is 12.8 Å². The predicted octanol–water partition coefficient (Wildman–Crippen LogP) is 4.06. The molecule has 0 bridgehead atoms. The molecule has 3 rings (SSSR count). The average molecular weight is 315 g/mol. The molecule has 1 aromatic rings. The number of hydrazone groups is 1. The van der Waals surface area contributed by atoms with E-state index in [1.807, 2.05) is 0 Å². The molecule has 3 nitrogen and oxygen atoms in total. The van der Waals surface area contributed by atoms with Gasteiger partial charge in [0.15, 0.2) is 5.17 Å². The van der Waals surface area contributed by atoms with Gasteiger partial charge in [0, 0.05) is 12.8 Å². The van der Waals surface area contributed by atoms with Gasteiger partial charge >= 0.3 is 0 Å². The van der Waals surface area contributed by atoms with Gasteiger partial charge in [-0.2, -0.15) is 5.10 Å². The fraction of sp³-hybridized carbons (Fsp3) is 0.556. The van der Waals surface area contributed by atoms with Crippen LogP contribution in [0.1, 0.15) is 57.2 Å². The molecule has 0 radical (unpaired) electrons. The average Bonchev–Trinajstić information content (AvgIpc) is 2.52. The van der Waals surface area contributed by atoms with Crippen molar-refractivity contribution in [3.8, 4) is 0 Å². The van der Waals surface area contributed by atoms with E-state index in [0.717, 1.165) is 16.6 Å². The Kier molecular flexibility index (Phi) is 3.84. The van der Waals surface area contributed by atoms with Crippen LogP contribution in [0.15, 0.2) is 28.3 Å². The van der Waals surface area contributed by atoms with E-state index in [9.17, 15) is 0 Å². The Labute approximate surface area is 137 Å². The maximum absolute atomic E-state index is 4.50. The van der Waals surface area contributed by atoms with Crippen molar-refractivity contribution < 1.29 is 0 Å². The van der Waals surface area contributed by atoms with Crippen LogP contribution in [0.2, 0.25) is 0 Å². The van der Waals surface area contributed by atoms with Crippen molar-refractivity contribution >= 4 is 22.6 Å². The molecule has 1 aliphatic carbocycles. The van der Waals surface area contributed by atoms with Crippen LogP contribution in [0.5, 0.6) is 0 Å². The Hall–Kier alpha value is -1.29. The van der Waals surface area contributed by atoms with E-state index >= 15 is 0 Å². The van der Waals surface area contributed by atoms with Gasteiger partial charge in [-0.1, -0.05) is 51.6 Å². The summed E-state index contributed by atoms with van der Waals surface area (Å²) >= 11 is 1.71. The summed E-state index contributed by atoms with van der Waals surface area (Å²) in [7, 11) is 1.79. The van der Waals surface area contributed by atoms with Crippen molar-refractivity contribution in [2.24, 2.45) is 10.1 Å². The predicted molar refractivity (Wildman–Crippen MR) is 97.2 cm³/mol. The fourth-order valence-electron chi connectivity index (χ4n) is 3.35. The molecule has 0 fully saturated rings. The molecule has 0 spiro atoms. The van der Waals surface area contributed by atoms with Gasteiger partial charge in [-0.25, -0.2) is 0 Å². The van der Waals surface area contributed by atoms with Crippen LogP contribution in [0, 0.1) is 0 Å². The van der Waals surface area contributed by atoms with Crippen molar-refractivity contribution in [3.05, 3.63) is 34.9 Å². The summed E-state index contributed by atoms with van der Waals surface area (Å²) in [5.74, 6) is 0.877. The molecular weight excluding hydrogens is 290 g/mol. The molecule has 0 aromatic heterocycles. The monoisotopic (exact) mass is 315 g/mol. The lowest BCUT2D eigenvalue weighted by molar-refractivity contribution is 0.332. The first-order chi connectivity index (χ1) is 10.3. The lowest BCUT2D eigenvalue weighted by Crippen LogP contribution is -2.34. The summed E-state index contributed by atoms with van der Waals surface area (Å²) < 4.78 is 0. The largest absolute Gasteiger partial charge is 0.265 e. The Morgan fingerprint density at radius 1 is 1.09 bits per heavy atom. The molecular formula is C18H25N3S. The van der Waals surface area contributed by atoms with Crippen molar-refractivity contribution in [1.29, 1.82) is 0 Å². The lowest BCUT2D eigenvalue weighted by Gasteiger charge is -2.42. The summed E-state index contributed by atoms with van der Waals surface area (Å²) in [6.45, 7) is 9.45. The van der Waals surface area contributed by atoms with Gasteiger partial charge < -0.3 is 0 Å². The minimum absolute atomic E-state index is 0.243. The second-order valence-electron chi connectivity index (χ2n) is 7.52. The van der Waals surface area contributed by atoms with Crippen LogP contribution in [0.25, 0.3) is 0 Å². The molecule has 1 aromatic carbocycles. The molecule has 22 heavy (non-hydrogen) atoms. The summed E-state index contributed by atoms with van der Waals surface area (Å²) in [6.07, 6.45) is 2.49. The molecule has 0 unspecified atom stereocenters. The number of fused-ring (bicyclic) bond motifs is 1. The molecule has 1 aliphatic heterocycles. The molecule has 4 heteroatoms. The second kappa shape index (κ2) is 5.41. The molecule has 118 valence electrons. The van der Waals surface area contributed by atoms with Crippen molar-refractivity contribution in [2.45, 2.75) is 51.4 Å². The maximum atomic E-state index is 4.50. The number of benzene rings is 1. The molecule has 0 saturated carbocycles. The van der Waals surface area contributed by atoms with Crippen LogP contribution in [-0.4, -0.2) is 23.7 Å². The third-order valence-corrected chi connectivity index (χ3v) is 5.99. The summed E-state index contributed by atoms with van der Waals surface area (Å²) in [4.78, 5) is 4.15. The topological polar surface area (TPSA) is 36.8 Å². The van der Waals surface area contributed by atoms with Gasteiger partial charge in [-0.15, -0.1) is 0 Å². The van der Waals surface area contributed by atoms with E-state index in [4.69, 9.17) is 0 Å². The Morgan fingerprint density at radius 2 is 1.77 bits per heavy atom. The van der Waals surface area contributed by atoms with E-state index in [-0.39, 0.29) is 10.8 Å². The van der Waals surface area contributed by atoms with Crippen LogP contribution < -0.4 is 5.43 Å². The zero-order valence-corrected chi connectivity index (χ0v) is 15.0. The van der Waals surface area contributed by atoms with E-state index in [0.29, 0.717) is 0 Å². The lowest BCUT2D eigenvalue weighted by atomic mass is 9.63. The van der Waals surface area contributed by atoms with Gasteiger partial charge in [0.2, 0.25) is 0 Å². The van der Waals surface area contributed by atoms with Crippen LogP contribution in [-0.2, 0) is 10.8 Å². The third-order valence-electron chi connectivity index (χ3n) is 5.02. The number of amidine groups is 1. The third kappa shape index (κ3) is 2.69. The Balaban J connectivity index is 2.02. The zero-order valence-electron chi connectivity index (χ0n) is 14.2. The second-order valence-corrected chi connectivity index (χ2v) is 8.48. The number of nitrogens with one attached hydrogen (secondary N) is 1. The Bertz CT molecular complexity index is 656. The highest BCUT2D eigenvalue weighted by atomic mass is 32.2. The van der Waals surface area contributed by atoms with E-state index < -0.39 is 0 Å². The standard InChI is InChI=1S/C18H25N3S/c1-17(2)8-9-18(3,4)14-10-12(6-7-13(14)17)15-11-22-16(19-5)21-20-15/h6-7,10H,8-9,11H2,1-5H3,(H,19,21). The summed E-state index contributed by atoms with van der Waals surface area (Å²) in [6, 6.07) is 6.92. The zero-order chi connectivity index (χ0) is 16.0. The molecule has 0 amide bonds. The molecule has 1 N–H and O–H groups in total. The van der Waals surface area contributed by atoms with E-state index in [1.54, 1.807) is 18.8 Å². The highest BCUT2D eigenvalue weighted by Gasteiger charge is 2.37. The van der Waals surface area contributed by atoms with Gasteiger partial charge in [-0.3, -0.25) is 10.4 Å². The SMILES string of the molecule is CN=C1NN=C(c2ccc3c(c2)C(C)(C)CCC3(C)C)CS1. The van der Waals surface area contributed by atoms with Crippen molar-refractivity contribution in [1.82, 2.24) is 5.43 Å². The molecule has 2 aliphatic rings. The minimum Gasteiger partial charge on any atom is -0.265 e. The fourth-order valence-corrected chi connectivity index (χ4v) is 4.09. The van der Waals surface area contributed by atoms with Crippen LogP contribution in [0.4, 0.5) is 0 Å². The number of nitrogens with zero attached hydrogens (tertiary/aromatic N) is 2. The quantitative estimate of drug-likeness (QED) is 0.848. The first-order valence-electron chi connectivity index (χ1n) is 7.91. The van der Waals surface area contributed by atoms with Gasteiger partial charge in [-0.05, 0) is 46.4 Å². The molecule has 0 saturated heterocycles. The molecule has 1 heterocycles. The first-order valence-corrected chi connectivity index (χ1v) is 8.90. The highest BCUT2D eigenvalue weighted by Crippen LogP contribution is 2.46. The Morgan fingerprint density at radius 3 is 2.36 bits per heavy atom. The van der Waals surface area contributed by atoms with Crippen LogP contribution in [0.3, 0.4) is 0 Å². The van der Waals surface area contributed by atoms with Gasteiger partial charge in [0.05, 0.1) is 5.71 Å². The smallest absolute Gasteiger partial charge is 0.177 e. The first kappa shape index (κ1) is 15.6. The van der Waals surface area contributed by atoms with E-state index in [2.05, 4.69) is 61.4 Å². The number of hydrogen-bond donors (Lipinski definition) is 1. The maximum Gasteiger partial charge on any atom is 0.177 e. The van der Waals surface area contributed by atoms with Crippen molar-refractivity contribution in [3.63, 3.8) is 0 Å². The summed E-state index contributed by atoms with van der Waals surface area (Å²) in [5.41, 5.74) is 8.89. The van der Waals surface area contributed by atoms with E-state index in [1.165, 1.54) is 29.5 Å². The molecule has 0 atom stereocenters. The van der Waals surface area contributed by atoms with Crippen LogP contribution >= 0.6 is 11.8 Å².